The SMILES string of the molecule is N#Cc1ccc(CC(CCOc2ccc(C#N)cc2)N(C(=O)O)C2CCNCC2)cc1. The monoisotopic (exact) mass is 418 g/mol. The second-order valence-corrected chi connectivity index (χ2v) is 7.61. The van der Waals surface area contributed by atoms with E-state index < -0.39 is 6.09 Å². The lowest BCUT2D eigenvalue weighted by Crippen LogP contribution is -2.51. The van der Waals surface area contributed by atoms with Gasteiger partial charge in [-0.05, 0) is 74.3 Å². The van der Waals surface area contributed by atoms with E-state index in [0.717, 1.165) is 31.5 Å². The fourth-order valence-corrected chi connectivity index (χ4v) is 3.96. The quantitative estimate of drug-likeness (QED) is 0.679. The van der Waals surface area contributed by atoms with Crippen LogP contribution in [-0.2, 0) is 6.42 Å². The predicted molar refractivity (Wildman–Crippen MR) is 116 cm³/mol. The van der Waals surface area contributed by atoms with E-state index in [9.17, 15) is 9.90 Å². The summed E-state index contributed by atoms with van der Waals surface area (Å²) in [6, 6.07) is 18.1. The zero-order valence-electron chi connectivity index (χ0n) is 17.3. The molecule has 0 radical (unpaired) electrons. The first-order valence-corrected chi connectivity index (χ1v) is 10.4. The van der Waals surface area contributed by atoms with Crippen LogP contribution in [0.4, 0.5) is 4.79 Å². The van der Waals surface area contributed by atoms with Crippen LogP contribution < -0.4 is 10.1 Å². The van der Waals surface area contributed by atoms with Gasteiger partial charge in [-0.2, -0.15) is 10.5 Å². The Bertz CT molecular complexity index is 939. The van der Waals surface area contributed by atoms with Gasteiger partial charge in [0.25, 0.3) is 0 Å². The minimum Gasteiger partial charge on any atom is -0.494 e. The van der Waals surface area contributed by atoms with Gasteiger partial charge in [0.2, 0.25) is 0 Å². The minimum absolute atomic E-state index is 0.0305. The Kier molecular flexibility index (Phi) is 7.86. The van der Waals surface area contributed by atoms with Crippen LogP contribution in [0.1, 0.15) is 36.0 Å². The Morgan fingerprint density at radius 3 is 2.19 bits per heavy atom. The second kappa shape index (κ2) is 11.0. The molecule has 1 unspecified atom stereocenters. The van der Waals surface area contributed by atoms with Gasteiger partial charge in [0.1, 0.15) is 5.75 Å². The summed E-state index contributed by atoms with van der Waals surface area (Å²) < 4.78 is 5.84. The van der Waals surface area contributed by atoms with Crippen molar-refractivity contribution in [1.29, 1.82) is 10.5 Å². The van der Waals surface area contributed by atoms with Crippen molar-refractivity contribution in [3.63, 3.8) is 0 Å². The van der Waals surface area contributed by atoms with E-state index in [-0.39, 0.29) is 12.1 Å². The van der Waals surface area contributed by atoms with Crippen molar-refractivity contribution in [2.75, 3.05) is 19.7 Å². The average Bonchev–Trinajstić information content (AvgIpc) is 2.80. The third-order valence-corrected chi connectivity index (χ3v) is 5.57. The maximum Gasteiger partial charge on any atom is 0.407 e. The van der Waals surface area contributed by atoms with Crippen LogP contribution in [0.25, 0.3) is 0 Å². The van der Waals surface area contributed by atoms with E-state index in [1.54, 1.807) is 41.3 Å². The number of rotatable bonds is 8. The fraction of sp³-hybridized carbons (Fsp3) is 0.375. The Morgan fingerprint density at radius 1 is 1.06 bits per heavy atom. The van der Waals surface area contributed by atoms with E-state index in [1.807, 2.05) is 12.1 Å². The summed E-state index contributed by atoms with van der Waals surface area (Å²) in [5, 5.41) is 31.2. The first-order chi connectivity index (χ1) is 15.1. The lowest BCUT2D eigenvalue weighted by atomic mass is 9.97. The van der Waals surface area contributed by atoms with Gasteiger partial charge < -0.3 is 20.1 Å². The molecule has 1 aliphatic heterocycles. The standard InChI is InChI=1S/C24H26N4O3/c25-16-19-3-1-18(2-4-19)15-22(28(24(29)30)21-9-12-27-13-10-21)11-14-31-23-7-5-20(17-26)6-8-23/h1-8,21-22,27H,9-15H2,(H,29,30). The van der Waals surface area contributed by atoms with Gasteiger partial charge in [-0.1, -0.05) is 12.1 Å². The van der Waals surface area contributed by atoms with Crippen LogP contribution in [0.2, 0.25) is 0 Å². The predicted octanol–water partition coefficient (Wildman–Crippen LogP) is 3.54. The zero-order chi connectivity index (χ0) is 22.1. The van der Waals surface area contributed by atoms with E-state index in [1.165, 1.54) is 0 Å². The summed E-state index contributed by atoms with van der Waals surface area (Å²) in [4.78, 5) is 13.8. The van der Waals surface area contributed by atoms with Crippen LogP contribution in [0.15, 0.2) is 48.5 Å². The second-order valence-electron chi connectivity index (χ2n) is 7.61. The zero-order valence-corrected chi connectivity index (χ0v) is 17.3. The Balaban J connectivity index is 1.73. The normalized spacial score (nSPS) is 14.8. The minimum atomic E-state index is -0.913. The van der Waals surface area contributed by atoms with Gasteiger partial charge in [-0.3, -0.25) is 0 Å². The molecular formula is C24H26N4O3. The van der Waals surface area contributed by atoms with E-state index in [0.29, 0.717) is 36.3 Å². The van der Waals surface area contributed by atoms with Gasteiger partial charge in [-0.15, -0.1) is 0 Å². The number of nitrogens with zero attached hydrogens (tertiary/aromatic N) is 3. The van der Waals surface area contributed by atoms with Gasteiger partial charge in [0.05, 0.1) is 29.9 Å². The highest BCUT2D eigenvalue weighted by Crippen LogP contribution is 2.22. The maximum absolute atomic E-state index is 12.2. The molecule has 160 valence electrons. The Labute approximate surface area is 182 Å². The summed E-state index contributed by atoms with van der Waals surface area (Å²) in [6.07, 6.45) is 1.75. The number of hydrogen-bond donors (Lipinski definition) is 2. The molecule has 1 heterocycles. The molecule has 2 N–H and O–H groups in total. The molecule has 0 saturated carbocycles. The van der Waals surface area contributed by atoms with Crippen LogP contribution in [0.3, 0.4) is 0 Å². The van der Waals surface area contributed by atoms with Crippen molar-refractivity contribution in [1.82, 2.24) is 10.2 Å². The molecule has 3 rings (SSSR count). The highest BCUT2D eigenvalue weighted by Gasteiger charge is 2.31. The van der Waals surface area contributed by atoms with E-state index in [4.69, 9.17) is 15.3 Å². The summed E-state index contributed by atoms with van der Waals surface area (Å²) in [5.74, 6) is 0.653. The highest BCUT2D eigenvalue weighted by atomic mass is 16.5. The lowest BCUT2D eigenvalue weighted by molar-refractivity contribution is 0.0776. The third kappa shape index (κ3) is 6.21. The molecule has 0 aliphatic carbocycles. The molecule has 2 aromatic rings. The van der Waals surface area contributed by atoms with Gasteiger partial charge in [-0.25, -0.2) is 4.79 Å². The number of hydrogen-bond acceptors (Lipinski definition) is 5. The van der Waals surface area contributed by atoms with Crippen LogP contribution in [0.5, 0.6) is 5.75 Å². The molecule has 1 amide bonds. The summed E-state index contributed by atoms with van der Waals surface area (Å²) in [7, 11) is 0. The van der Waals surface area contributed by atoms with E-state index in [2.05, 4.69) is 17.5 Å². The number of ether oxygens (including phenoxy) is 1. The largest absolute Gasteiger partial charge is 0.494 e. The van der Waals surface area contributed by atoms with Crippen molar-refractivity contribution < 1.29 is 14.6 Å². The average molecular weight is 418 g/mol. The summed E-state index contributed by atoms with van der Waals surface area (Å²) in [6.45, 7) is 1.97. The molecule has 1 fully saturated rings. The molecule has 2 aromatic carbocycles. The van der Waals surface area contributed by atoms with E-state index >= 15 is 0 Å². The molecule has 7 heteroatoms. The van der Waals surface area contributed by atoms with Crippen molar-refractivity contribution in [2.45, 2.75) is 37.8 Å². The Hall–Kier alpha value is -3.55. The molecule has 7 nitrogen and oxygen atoms in total. The number of nitrogens with one attached hydrogen (secondary N) is 1. The fourth-order valence-electron chi connectivity index (χ4n) is 3.96. The Morgan fingerprint density at radius 2 is 1.65 bits per heavy atom. The number of piperidine rings is 1. The maximum atomic E-state index is 12.2. The van der Waals surface area contributed by atoms with Gasteiger partial charge in [0.15, 0.2) is 0 Å². The van der Waals surface area contributed by atoms with Crippen molar-refractivity contribution in [3.8, 4) is 17.9 Å². The topological polar surface area (TPSA) is 109 Å². The van der Waals surface area contributed by atoms with Crippen LogP contribution in [-0.4, -0.2) is 47.9 Å². The number of carboxylic acid groups (broad SMARTS) is 1. The van der Waals surface area contributed by atoms with Gasteiger partial charge >= 0.3 is 6.09 Å². The summed E-state index contributed by atoms with van der Waals surface area (Å²) >= 11 is 0. The molecule has 1 aliphatic rings. The first kappa shape index (κ1) is 22.1. The molecule has 0 spiro atoms. The highest BCUT2D eigenvalue weighted by molar-refractivity contribution is 5.66. The summed E-state index contributed by atoms with van der Waals surface area (Å²) in [5.41, 5.74) is 2.13. The van der Waals surface area contributed by atoms with Crippen molar-refractivity contribution >= 4 is 6.09 Å². The first-order valence-electron chi connectivity index (χ1n) is 10.4. The van der Waals surface area contributed by atoms with Crippen LogP contribution in [0, 0.1) is 22.7 Å². The molecule has 1 saturated heterocycles. The molecule has 0 aromatic heterocycles. The molecule has 0 bridgehead atoms. The van der Waals surface area contributed by atoms with Crippen molar-refractivity contribution in [2.24, 2.45) is 0 Å². The number of carbonyl (C=O) groups is 1. The smallest absolute Gasteiger partial charge is 0.407 e. The molecule has 1 atom stereocenters. The number of nitriles is 2. The van der Waals surface area contributed by atoms with Gasteiger partial charge in [0, 0.05) is 18.5 Å². The van der Waals surface area contributed by atoms with Crippen molar-refractivity contribution in [3.05, 3.63) is 65.2 Å². The number of benzene rings is 2. The molecule has 31 heavy (non-hydrogen) atoms. The number of amides is 1. The molecular weight excluding hydrogens is 392 g/mol. The third-order valence-electron chi connectivity index (χ3n) is 5.57. The lowest BCUT2D eigenvalue weighted by Gasteiger charge is -2.38. The van der Waals surface area contributed by atoms with Crippen LogP contribution >= 0.6 is 0 Å².